The van der Waals surface area contributed by atoms with Crippen molar-refractivity contribution >= 4 is 40.2 Å². The molecule has 0 fully saturated rings. The highest BCUT2D eigenvalue weighted by molar-refractivity contribution is 7.99. The molecule has 0 heterocycles. The Labute approximate surface area is 166 Å². The zero-order valence-corrected chi connectivity index (χ0v) is 17.3. The van der Waals surface area contributed by atoms with Crippen LogP contribution >= 0.6 is 11.8 Å². The Balaban J connectivity index is 2.22. The van der Waals surface area contributed by atoms with Crippen LogP contribution in [0.2, 0.25) is 0 Å². The third kappa shape index (κ3) is 5.57. The van der Waals surface area contributed by atoms with E-state index in [0.29, 0.717) is 16.1 Å². The van der Waals surface area contributed by atoms with Crippen LogP contribution in [0.4, 0.5) is 11.4 Å². The first kappa shape index (κ1) is 21.0. The van der Waals surface area contributed by atoms with Crippen LogP contribution in [0, 0.1) is 25.3 Å². The van der Waals surface area contributed by atoms with Gasteiger partial charge in [0.2, 0.25) is 0 Å². The van der Waals surface area contributed by atoms with Crippen LogP contribution in [0.3, 0.4) is 0 Å². The average Bonchev–Trinajstić information content (AvgIpc) is 2.60. The molecule has 0 aromatic heterocycles. The van der Waals surface area contributed by atoms with Crippen molar-refractivity contribution in [1.82, 2.24) is 5.32 Å². The quantitative estimate of drug-likeness (QED) is 0.284. The predicted octanol–water partition coefficient (Wildman–Crippen LogP) is 3.42. The number of rotatable bonds is 7. The molecule has 0 saturated heterocycles. The molecule has 27 heavy (non-hydrogen) atoms. The number of hydrogen-bond donors (Lipinski definition) is 3. The fourth-order valence-electron chi connectivity index (χ4n) is 2.72. The molecule has 0 saturated carbocycles. The summed E-state index contributed by atoms with van der Waals surface area (Å²) in [5.74, 6) is -0.216. The smallest absolute Gasteiger partial charge is 0.256 e. The molecule has 2 aromatic carbocycles. The first-order chi connectivity index (χ1) is 12.8. The molecule has 0 aliphatic carbocycles. The Bertz CT molecular complexity index is 842. The number of aryl methyl sites for hydroxylation is 2. The third-order valence-corrected chi connectivity index (χ3v) is 5.54. The van der Waals surface area contributed by atoms with Crippen molar-refractivity contribution in [2.24, 2.45) is 0 Å². The van der Waals surface area contributed by atoms with E-state index in [4.69, 9.17) is 5.26 Å². The summed E-state index contributed by atoms with van der Waals surface area (Å²) in [7, 11) is 0. The van der Waals surface area contributed by atoms with Crippen LogP contribution in [0.25, 0.3) is 0 Å². The van der Waals surface area contributed by atoms with E-state index in [2.05, 4.69) is 16.0 Å². The predicted molar refractivity (Wildman–Crippen MR) is 112 cm³/mol. The maximum atomic E-state index is 12.8. The summed E-state index contributed by atoms with van der Waals surface area (Å²) in [6.07, 6.45) is 5.41. The Morgan fingerprint density at radius 1 is 1.22 bits per heavy atom. The van der Waals surface area contributed by atoms with Crippen molar-refractivity contribution in [2.75, 3.05) is 23.1 Å². The van der Waals surface area contributed by atoms with E-state index < -0.39 is 11.2 Å². The number of benzene rings is 2. The van der Waals surface area contributed by atoms with Gasteiger partial charge in [0.05, 0.1) is 0 Å². The fourth-order valence-corrected chi connectivity index (χ4v) is 3.70. The molecular weight excluding hydrogens is 380 g/mol. The number of carbonyl (C=O) groups is 1. The molecule has 6 nitrogen and oxygen atoms in total. The number of hydrogen-bond acceptors (Lipinski definition) is 6. The molecule has 2 atom stereocenters. The summed E-state index contributed by atoms with van der Waals surface area (Å²) in [6, 6.07) is 10.8. The van der Waals surface area contributed by atoms with E-state index in [1.54, 1.807) is 30.5 Å². The van der Waals surface area contributed by atoms with E-state index in [0.717, 1.165) is 16.8 Å². The van der Waals surface area contributed by atoms with Crippen molar-refractivity contribution in [3.05, 3.63) is 53.1 Å². The maximum Gasteiger partial charge on any atom is 0.256 e. The minimum absolute atomic E-state index is 0.216. The van der Waals surface area contributed by atoms with Crippen molar-refractivity contribution < 1.29 is 9.35 Å². The van der Waals surface area contributed by atoms with Crippen LogP contribution in [0.5, 0.6) is 0 Å². The van der Waals surface area contributed by atoms with E-state index in [1.807, 2.05) is 38.4 Å². The molecule has 3 N–H and O–H groups in total. The average molecular weight is 403 g/mol. The van der Waals surface area contributed by atoms with Gasteiger partial charge in [0.25, 0.3) is 5.91 Å². The van der Waals surface area contributed by atoms with Crippen molar-refractivity contribution in [1.29, 1.82) is 5.26 Å². The molecule has 2 aromatic rings. The van der Waals surface area contributed by atoms with Crippen LogP contribution in [0.1, 0.15) is 21.5 Å². The summed E-state index contributed by atoms with van der Waals surface area (Å²) in [5, 5.41) is 17.5. The molecule has 0 aliphatic rings. The lowest BCUT2D eigenvalue weighted by molar-refractivity contribution is 0.102. The minimum atomic E-state index is -1.11. The van der Waals surface area contributed by atoms with Crippen molar-refractivity contribution in [3.8, 4) is 6.19 Å². The van der Waals surface area contributed by atoms with Crippen LogP contribution < -0.4 is 16.0 Å². The lowest BCUT2D eigenvalue weighted by atomic mass is 10.0. The van der Waals surface area contributed by atoms with Gasteiger partial charge < -0.3 is 15.2 Å². The van der Waals surface area contributed by atoms with Gasteiger partial charge in [0.15, 0.2) is 16.6 Å². The van der Waals surface area contributed by atoms with Gasteiger partial charge in [-0.15, -0.1) is 11.8 Å². The molecule has 8 heteroatoms. The molecule has 0 bridgehead atoms. The Kier molecular flexibility index (Phi) is 7.42. The number of nitriles is 1. The first-order valence-electron chi connectivity index (χ1n) is 8.15. The van der Waals surface area contributed by atoms with Gasteiger partial charge in [-0.3, -0.25) is 10.1 Å². The lowest BCUT2D eigenvalue weighted by Gasteiger charge is -2.18. The van der Waals surface area contributed by atoms with E-state index in [9.17, 15) is 9.35 Å². The number of carbonyl (C=O) groups excluding carboxylic acids is 1. The third-order valence-electron chi connectivity index (χ3n) is 3.91. The monoisotopic (exact) mass is 402 g/mol. The standard InChI is InChI=1S/C19H22N4O2S2/c1-12-8-15(23-19(26-3)21-11-20)9-13(2)17(12)18(24)22-14-6-5-7-16(10-14)27(4)25/h5-10,19,21,23H,1-4H3,(H,22,24). The van der Waals surface area contributed by atoms with Gasteiger partial charge in [0, 0.05) is 23.0 Å². The van der Waals surface area contributed by atoms with Gasteiger partial charge in [-0.25, -0.2) is 0 Å². The van der Waals surface area contributed by atoms with Crippen molar-refractivity contribution in [3.63, 3.8) is 0 Å². The second-order valence-electron chi connectivity index (χ2n) is 5.94. The maximum absolute atomic E-state index is 12.8. The summed E-state index contributed by atoms with van der Waals surface area (Å²) in [6.45, 7) is 3.74. The van der Waals surface area contributed by atoms with Gasteiger partial charge in [-0.2, -0.15) is 5.26 Å². The van der Waals surface area contributed by atoms with Crippen molar-refractivity contribution in [2.45, 2.75) is 24.2 Å². The minimum Gasteiger partial charge on any atom is -0.612 e. The largest absolute Gasteiger partial charge is 0.612 e. The SMILES string of the molecule is CSC(NC#N)Nc1cc(C)c(C(=O)Nc2cccc([S+](C)[O-])c2)c(C)c1. The summed E-state index contributed by atoms with van der Waals surface area (Å²) >= 11 is 0.359. The number of nitrogens with zero attached hydrogens (tertiary/aromatic N) is 1. The zero-order chi connectivity index (χ0) is 20.0. The number of thioether (sulfide) groups is 1. The highest BCUT2D eigenvalue weighted by Crippen LogP contribution is 2.23. The normalized spacial score (nSPS) is 12.6. The first-order valence-corrected chi connectivity index (χ1v) is 11.0. The number of anilines is 2. The van der Waals surface area contributed by atoms with Gasteiger partial charge in [-0.05, 0) is 66.7 Å². The van der Waals surface area contributed by atoms with Gasteiger partial charge >= 0.3 is 0 Å². The molecule has 2 rings (SSSR count). The summed E-state index contributed by atoms with van der Waals surface area (Å²) in [5.41, 5.74) is 3.43. The Hall–Kier alpha value is -2.34. The van der Waals surface area contributed by atoms with Crippen LogP contribution in [-0.4, -0.2) is 28.5 Å². The van der Waals surface area contributed by atoms with E-state index in [-0.39, 0.29) is 11.4 Å². The van der Waals surface area contributed by atoms with Crippen LogP contribution in [-0.2, 0) is 11.2 Å². The zero-order valence-electron chi connectivity index (χ0n) is 15.6. The molecular formula is C19H22N4O2S2. The van der Waals surface area contributed by atoms with Gasteiger partial charge in [-0.1, -0.05) is 6.07 Å². The molecule has 2 unspecified atom stereocenters. The molecule has 1 amide bonds. The second-order valence-corrected chi connectivity index (χ2v) is 8.26. The summed E-state index contributed by atoms with van der Waals surface area (Å²) < 4.78 is 11.6. The highest BCUT2D eigenvalue weighted by atomic mass is 32.2. The topological polar surface area (TPSA) is 100 Å². The Morgan fingerprint density at radius 3 is 2.44 bits per heavy atom. The molecule has 142 valence electrons. The Morgan fingerprint density at radius 2 is 1.89 bits per heavy atom. The highest BCUT2D eigenvalue weighted by Gasteiger charge is 2.16. The lowest BCUT2D eigenvalue weighted by Crippen LogP contribution is -2.29. The van der Waals surface area contributed by atoms with Gasteiger partial charge in [0.1, 0.15) is 6.26 Å². The fraction of sp³-hybridized carbons (Fsp3) is 0.263. The number of amides is 1. The second kappa shape index (κ2) is 9.55. The van der Waals surface area contributed by atoms with Crippen LogP contribution in [0.15, 0.2) is 41.3 Å². The summed E-state index contributed by atoms with van der Waals surface area (Å²) in [4.78, 5) is 13.4. The molecule has 0 spiro atoms. The van der Waals surface area contributed by atoms with E-state index >= 15 is 0 Å². The van der Waals surface area contributed by atoms with E-state index in [1.165, 1.54) is 11.8 Å². The molecule has 0 radical (unpaired) electrons. The molecule has 0 aliphatic heterocycles. The number of nitrogens with one attached hydrogen (secondary N) is 3.